The molecule has 2 N–H and O–H groups in total. The number of hydrogen-bond acceptors (Lipinski definition) is 6. The Bertz CT molecular complexity index is 778. The Morgan fingerprint density at radius 2 is 2.35 bits per heavy atom. The molecule has 0 saturated carbocycles. The molecule has 6 nitrogen and oxygen atoms in total. The van der Waals surface area contributed by atoms with Crippen LogP contribution in [0.5, 0.6) is 0 Å². The lowest BCUT2D eigenvalue weighted by molar-refractivity contribution is 0.0526. The van der Waals surface area contributed by atoms with E-state index in [9.17, 15) is 4.79 Å². The molecule has 2 aromatic heterocycles. The number of carbonyl (C=O) groups excluding carboxylic acids is 1. The first kappa shape index (κ1) is 12.6. The van der Waals surface area contributed by atoms with Crippen LogP contribution in [0.4, 0.5) is 5.69 Å². The van der Waals surface area contributed by atoms with Crippen LogP contribution in [0.2, 0.25) is 0 Å². The molecule has 7 heteroatoms. The van der Waals surface area contributed by atoms with Crippen LogP contribution >= 0.6 is 11.3 Å². The van der Waals surface area contributed by atoms with Gasteiger partial charge in [-0.3, -0.25) is 0 Å². The number of esters is 1. The second-order valence-corrected chi connectivity index (χ2v) is 5.13. The van der Waals surface area contributed by atoms with Gasteiger partial charge in [0.05, 0.1) is 28.6 Å². The smallest absolute Gasteiger partial charge is 0.341 e. The molecule has 0 unspecified atom stereocenters. The van der Waals surface area contributed by atoms with Gasteiger partial charge in [0, 0.05) is 11.9 Å². The molecule has 0 aliphatic rings. The fourth-order valence-corrected chi connectivity index (χ4v) is 2.72. The molecule has 3 aromatic rings. The Balaban J connectivity index is 1.96. The van der Waals surface area contributed by atoms with Crippen molar-refractivity contribution in [1.29, 1.82) is 0 Å². The van der Waals surface area contributed by atoms with Crippen molar-refractivity contribution < 1.29 is 9.53 Å². The molecule has 0 bridgehead atoms. The van der Waals surface area contributed by atoms with Gasteiger partial charge in [0.2, 0.25) is 5.13 Å². The molecule has 102 valence electrons. The maximum absolute atomic E-state index is 11.6. The fraction of sp³-hybridized carbons (Fsp3) is 0.154. The fourth-order valence-electron chi connectivity index (χ4n) is 1.77. The van der Waals surface area contributed by atoms with E-state index in [2.05, 4.69) is 10.1 Å². The van der Waals surface area contributed by atoms with E-state index in [0.717, 1.165) is 10.2 Å². The van der Waals surface area contributed by atoms with E-state index in [0.29, 0.717) is 23.0 Å². The van der Waals surface area contributed by atoms with Crippen molar-refractivity contribution in [2.75, 3.05) is 12.3 Å². The molecule has 0 radical (unpaired) electrons. The van der Waals surface area contributed by atoms with Crippen molar-refractivity contribution >= 4 is 33.2 Å². The average Bonchev–Trinajstić information content (AvgIpc) is 3.04. The minimum atomic E-state index is -0.385. The molecular weight excluding hydrogens is 276 g/mol. The summed E-state index contributed by atoms with van der Waals surface area (Å²) in [6.45, 7) is 2.10. The third kappa shape index (κ3) is 2.23. The van der Waals surface area contributed by atoms with Crippen LogP contribution in [0.1, 0.15) is 17.3 Å². The summed E-state index contributed by atoms with van der Waals surface area (Å²) in [5.41, 5.74) is 7.70. The summed E-state index contributed by atoms with van der Waals surface area (Å²) in [5.74, 6) is -0.385. The molecular formula is C13H12N4O2S. The van der Waals surface area contributed by atoms with E-state index in [-0.39, 0.29) is 5.97 Å². The number of nitrogens with zero attached hydrogens (tertiary/aromatic N) is 3. The van der Waals surface area contributed by atoms with Gasteiger partial charge in [-0.1, -0.05) is 11.3 Å². The Labute approximate surface area is 118 Å². The van der Waals surface area contributed by atoms with Crippen LogP contribution in [0.3, 0.4) is 0 Å². The number of hydrogen-bond donors (Lipinski definition) is 1. The summed E-state index contributed by atoms with van der Waals surface area (Å²) in [5, 5.41) is 4.82. The Morgan fingerprint density at radius 3 is 3.15 bits per heavy atom. The zero-order valence-electron chi connectivity index (χ0n) is 10.7. The molecule has 0 aliphatic carbocycles. The Morgan fingerprint density at radius 1 is 1.50 bits per heavy atom. The van der Waals surface area contributed by atoms with E-state index in [1.807, 2.05) is 12.1 Å². The number of fused-ring (bicyclic) bond motifs is 1. The Hall–Kier alpha value is -2.41. The molecule has 0 amide bonds. The van der Waals surface area contributed by atoms with Crippen molar-refractivity contribution in [2.45, 2.75) is 6.92 Å². The topological polar surface area (TPSA) is 83.0 Å². The molecule has 0 aliphatic heterocycles. The van der Waals surface area contributed by atoms with Gasteiger partial charge in [-0.15, -0.1) is 0 Å². The van der Waals surface area contributed by atoms with E-state index in [1.165, 1.54) is 17.5 Å². The molecule has 1 aromatic carbocycles. The second-order valence-electron chi connectivity index (χ2n) is 4.12. The molecule has 20 heavy (non-hydrogen) atoms. The quantitative estimate of drug-likeness (QED) is 0.590. The van der Waals surface area contributed by atoms with Crippen molar-refractivity contribution in [2.24, 2.45) is 0 Å². The molecule has 2 heterocycles. The van der Waals surface area contributed by atoms with Gasteiger partial charge in [-0.05, 0) is 25.1 Å². The zero-order chi connectivity index (χ0) is 14.1. The van der Waals surface area contributed by atoms with Gasteiger partial charge < -0.3 is 10.5 Å². The van der Waals surface area contributed by atoms with Crippen molar-refractivity contribution in [3.05, 3.63) is 36.2 Å². The summed E-state index contributed by atoms with van der Waals surface area (Å²) in [6, 6.07) is 5.53. The number of thiazole rings is 1. The van der Waals surface area contributed by atoms with Crippen LogP contribution in [0.25, 0.3) is 15.3 Å². The molecule has 0 saturated heterocycles. The number of carbonyl (C=O) groups is 1. The summed E-state index contributed by atoms with van der Waals surface area (Å²) in [7, 11) is 0. The van der Waals surface area contributed by atoms with Gasteiger partial charge in [0.1, 0.15) is 0 Å². The van der Waals surface area contributed by atoms with Crippen LogP contribution in [0, 0.1) is 0 Å². The van der Waals surface area contributed by atoms with Crippen LogP contribution in [0.15, 0.2) is 30.6 Å². The number of anilines is 1. The first-order valence-corrected chi connectivity index (χ1v) is 6.87. The predicted octanol–water partition coefficient (Wildman–Crippen LogP) is 2.24. The molecule has 0 fully saturated rings. The lowest BCUT2D eigenvalue weighted by Gasteiger charge is -1.96. The van der Waals surface area contributed by atoms with Crippen molar-refractivity contribution in [1.82, 2.24) is 14.8 Å². The number of nitrogen functional groups attached to an aromatic ring is 1. The summed E-state index contributed by atoms with van der Waals surface area (Å²) < 4.78 is 7.47. The molecule has 3 rings (SSSR count). The van der Waals surface area contributed by atoms with E-state index < -0.39 is 0 Å². The van der Waals surface area contributed by atoms with Gasteiger partial charge in [0.15, 0.2) is 0 Å². The standard InChI is InChI=1S/C13H12N4O2S/c1-2-19-12(18)8-6-15-17(7-8)13-16-10-4-3-9(14)5-11(10)20-13/h3-7H,2,14H2,1H3. The zero-order valence-corrected chi connectivity index (χ0v) is 11.6. The van der Waals surface area contributed by atoms with Crippen molar-refractivity contribution in [3.8, 4) is 5.13 Å². The highest BCUT2D eigenvalue weighted by atomic mass is 32.1. The highest BCUT2D eigenvalue weighted by Crippen LogP contribution is 2.26. The van der Waals surface area contributed by atoms with Gasteiger partial charge in [-0.25, -0.2) is 14.5 Å². The third-order valence-corrected chi connectivity index (χ3v) is 3.70. The number of aromatic nitrogens is 3. The number of rotatable bonds is 3. The van der Waals surface area contributed by atoms with Gasteiger partial charge in [0.25, 0.3) is 0 Å². The normalized spacial score (nSPS) is 10.8. The maximum Gasteiger partial charge on any atom is 0.341 e. The molecule has 0 spiro atoms. The largest absolute Gasteiger partial charge is 0.462 e. The average molecular weight is 288 g/mol. The van der Waals surface area contributed by atoms with Crippen molar-refractivity contribution in [3.63, 3.8) is 0 Å². The number of benzene rings is 1. The van der Waals surface area contributed by atoms with Gasteiger partial charge in [-0.2, -0.15) is 5.10 Å². The molecule has 0 atom stereocenters. The highest BCUT2D eigenvalue weighted by molar-refractivity contribution is 7.20. The number of ether oxygens (including phenoxy) is 1. The second kappa shape index (κ2) is 4.93. The van der Waals surface area contributed by atoms with Crippen LogP contribution in [-0.4, -0.2) is 27.3 Å². The third-order valence-electron chi connectivity index (χ3n) is 2.69. The lowest BCUT2D eigenvalue weighted by Crippen LogP contribution is -2.03. The van der Waals surface area contributed by atoms with Crippen LogP contribution in [-0.2, 0) is 4.74 Å². The number of nitrogens with two attached hydrogens (primary N) is 1. The lowest BCUT2D eigenvalue weighted by atomic mass is 10.3. The van der Waals surface area contributed by atoms with E-state index in [1.54, 1.807) is 23.9 Å². The minimum Gasteiger partial charge on any atom is -0.462 e. The summed E-state index contributed by atoms with van der Waals surface area (Å²) in [6.07, 6.45) is 3.08. The van der Waals surface area contributed by atoms with E-state index >= 15 is 0 Å². The van der Waals surface area contributed by atoms with Gasteiger partial charge >= 0.3 is 5.97 Å². The summed E-state index contributed by atoms with van der Waals surface area (Å²) >= 11 is 1.46. The minimum absolute atomic E-state index is 0.338. The maximum atomic E-state index is 11.6. The first-order valence-electron chi connectivity index (χ1n) is 6.05. The SMILES string of the molecule is CCOC(=O)c1cnn(-c2nc3ccc(N)cc3s2)c1. The van der Waals surface area contributed by atoms with Crippen LogP contribution < -0.4 is 5.73 Å². The highest BCUT2D eigenvalue weighted by Gasteiger charge is 2.12. The van der Waals surface area contributed by atoms with E-state index in [4.69, 9.17) is 10.5 Å². The first-order chi connectivity index (χ1) is 9.67. The Kier molecular flexibility index (Phi) is 3.11. The summed E-state index contributed by atoms with van der Waals surface area (Å²) in [4.78, 5) is 16.1. The predicted molar refractivity (Wildman–Crippen MR) is 77.1 cm³/mol. The monoisotopic (exact) mass is 288 g/mol.